The summed E-state index contributed by atoms with van der Waals surface area (Å²) < 4.78 is 16.8. The van der Waals surface area contributed by atoms with Crippen LogP contribution in [0.4, 0.5) is 0 Å². The van der Waals surface area contributed by atoms with Crippen molar-refractivity contribution in [2.75, 3.05) is 19.8 Å². The SMILES string of the molecule is OCCC[C@@H]1OC[C@H]2OCCC[C@@H]2O1. The van der Waals surface area contributed by atoms with Gasteiger partial charge < -0.3 is 19.3 Å². The van der Waals surface area contributed by atoms with Gasteiger partial charge in [0.25, 0.3) is 0 Å². The third-order valence-electron chi connectivity index (χ3n) is 2.75. The van der Waals surface area contributed by atoms with Crippen molar-refractivity contribution in [3.8, 4) is 0 Å². The Morgan fingerprint density at radius 1 is 1.21 bits per heavy atom. The number of hydrogen-bond acceptors (Lipinski definition) is 4. The molecular formula is C10H18O4. The lowest BCUT2D eigenvalue weighted by atomic mass is 10.1. The van der Waals surface area contributed by atoms with Crippen molar-refractivity contribution in [1.29, 1.82) is 0 Å². The van der Waals surface area contributed by atoms with Crippen LogP contribution in [0.15, 0.2) is 0 Å². The van der Waals surface area contributed by atoms with Crippen LogP contribution in [0.1, 0.15) is 25.7 Å². The van der Waals surface area contributed by atoms with E-state index in [0.29, 0.717) is 6.61 Å². The molecule has 0 aromatic rings. The Bertz CT molecular complexity index is 174. The second-order valence-corrected chi connectivity index (χ2v) is 3.85. The van der Waals surface area contributed by atoms with E-state index in [0.717, 1.165) is 32.3 Å². The Morgan fingerprint density at radius 2 is 2.14 bits per heavy atom. The van der Waals surface area contributed by atoms with Crippen molar-refractivity contribution < 1.29 is 19.3 Å². The van der Waals surface area contributed by atoms with E-state index in [9.17, 15) is 0 Å². The van der Waals surface area contributed by atoms with Gasteiger partial charge in [-0.25, -0.2) is 0 Å². The molecule has 1 N–H and O–H groups in total. The highest BCUT2D eigenvalue weighted by atomic mass is 16.7. The Hall–Kier alpha value is -0.160. The first-order valence-corrected chi connectivity index (χ1v) is 5.39. The molecule has 2 aliphatic rings. The minimum absolute atomic E-state index is 0.133. The molecule has 0 aliphatic carbocycles. The predicted molar refractivity (Wildman–Crippen MR) is 49.9 cm³/mol. The molecule has 2 rings (SSSR count). The summed E-state index contributed by atoms with van der Waals surface area (Å²) in [6, 6.07) is 0. The first-order chi connectivity index (χ1) is 6.90. The van der Waals surface area contributed by atoms with Crippen LogP contribution in [0.25, 0.3) is 0 Å². The van der Waals surface area contributed by atoms with Gasteiger partial charge in [0.05, 0.1) is 12.7 Å². The van der Waals surface area contributed by atoms with Crippen molar-refractivity contribution >= 4 is 0 Å². The maximum absolute atomic E-state index is 8.69. The fraction of sp³-hybridized carbons (Fsp3) is 1.00. The molecule has 2 heterocycles. The molecule has 0 spiro atoms. The first kappa shape index (κ1) is 10.4. The average Bonchev–Trinajstić information content (AvgIpc) is 2.26. The lowest BCUT2D eigenvalue weighted by Crippen LogP contribution is -2.47. The molecule has 0 aromatic heterocycles. The van der Waals surface area contributed by atoms with Gasteiger partial charge in [-0.2, -0.15) is 0 Å². The van der Waals surface area contributed by atoms with Gasteiger partial charge in [0.2, 0.25) is 0 Å². The highest BCUT2D eigenvalue weighted by Gasteiger charge is 2.34. The largest absolute Gasteiger partial charge is 0.396 e. The second kappa shape index (κ2) is 5.07. The maximum Gasteiger partial charge on any atom is 0.158 e. The normalized spacial score (nSPS) is 37.9. The average molecular weight is 202 g/mol. The molecule has 3 atom stereocenters. The zero-order valence-electron chi connectivity index (χ0n) is 8.35. The lowest BCUT2D eigenvalue weighted by molar-refractivity contribution is -0.275. The molecule has 0 aromatic carbocycles. The van der Waals surface area contributed by atoms with Crippen molar-refractivity contribution in [3.63, 3.8) is 0 Å². The molecule has 2 saturated heterocycles. The molecule has 0 saturated carbocycles. The van der Waals surface area contributed by atoms with Crippen LogP contribution in [0, 0.1) is 0 Å². The summed E-state index contributed by atoms with van der Waals surface area (Å²) in [6.07, 6.45) is 3.88. The summed E-state index contributed by atoms with van der Waals surface area (Å²) in [6.45, 7) is 1.67. The van der Waals surface area contributed by atoms with E-state index in [-0.39, 0.29) is 25.1 Å². The molecule has 4 heteroatoms. The maximum atomic E-state index is 8.69. The fourth-order valence-electron chi connectivity index (χ4n) is 1.97. The lowest BCUT2D eigenvalue weighted by Gasteiger charge is -2.39. The van der Waals surface area contributed by atoms with Crippen LogP contribution in [-0.4, -0.2) is 43.4 Å². The van der Waals surface area contributed by atoms with Crippen molar-refractivity contribution in [2.45, 2.75) is 44.2 Å². The number of hydrogen-bond donors (Lipinski definition) is 1. The molecule has 82 valence electrons. The Kier molecular flexibility index (Phi) is 3.75. The third kappa shape index (κ3) is 2.45. The predicted octanol–water partition coefficient (Wildman–Crippen LogP) is 0.679. The Balaban J connectivity index is 1.77. The molecule has 2 aliphatic heterocycles. The van der Waals surface area contributed by atoms with Crippen LogP contribution >= 0.6 is 0 Å². The molecule has 0 bridgehead atoms. The van der Waals surface area contributed by atoms with Gasteiger partial charge in [0, 0.05) is 19.6 Å². The second-order valence-electron chi connectivity index (χ2n) is 3.85. The first-order valence-electron chi connectivity index (χ1n) is 5.39. The van der Waals surface area contributed by atoms with E-state index in [1.807, 2.05) is 0 Å². The molecule has 0 radical (unpaired) electrons. The van der Waals surface area contributed by atoms with Crippen molar-refractivity contribution in [2.24, 2.45) is 0 Å². The Labute approximate surface area is 84.1 Å². The van der Waals surface area contributed by atoms with Gasteiger partial charge >= 0.3 is 0 Å². The molecule has 4 nitrogen and oxygen atoms in total. The van der Waals surface area contributed by atoms with Crippen LogP contribution in [0.2, 0.25) is 0 Å². The minimum atomic E-state index is -0.134. The highest BCUT2D eigenvalue weighted by Crippen LogP contribution is 2.25. The van der Waals surface area contributed by atoms with E-state index >= 15 is 0 Å². The van der Waals surface area contributed by atoms with E-state index in [1.165, 1.54) is 0 Å². The topological polar surface area (TPSA) is 47.9 Å². The van der Waals surface area contributed by atoms with Crippen molar-refractivity contribution in [1.82, 2.24) is 0 Å². The molecule has 0 unspecified atom stereocenters. The summed E-state index contributed by atoms with van der Waals surface area (Å²) in [5, 5.41) is 8.69. The van der Waals surface area contributed by atoms with Gasteiger partial charge in [-0.15, -0.1) is 0 Å². The summed E-state index contributed by atoms with van der Waals surface area (Å²) >= 11 is 0. The monoisotopic (exact) mass is 202 g/mol. The van der Waals surface area contributed by atoms with E-state index in [4.69, 9.17) is 19.3 Å². The summed E-state index contributed by atoms with van der Waals surface area (Å²) in [5.74, 6) is 0. The van der Waals surface area contributed by atoms with E-state index in [2.05, 4.69) is 0 Å². The number of ether oxygens (including phenoxy) is 3. The van der Waals surface area contributed by atoms with Gasteiger partial charge in [-0.1, -0.05) is 0 Å². The summed E-state index contributed by atoms with van der Waals surface area (Å²) in [5.41, 5.74) is 0. The number of fused-ring (bicyclic) bond motifs is 1. The zero-order chi connectivity index (χ0) is 9.80. The van der Waals surface area contributed by atoms with Crippen LogP contribution < -0.4 is 0 Å². The number of aliphatic hydroxyl groups excluding tert-OH is 1. The number of aliphatic hydroxyl groups is 1. The van der Waals surface area contributed by atoms with Crippen LogP contribution in [-0.2, 0) is 14.2 Å². The quantitative estimate of drug-likeness (QED) is 0.731. The van der Waals surface area contributed by atoms with Crippen LogP contribution in [0.5, 0.6) is 0 Å². The van der Waals surface area contributed by atoms with E-state index < -0.39 is 0 Å². The van der Waals surface area contributed by atoms with E-state index in [1.54, 1.807) is 0 Å². The standard InChI is InChI=1S/C10H18O4/c11-5-1-4-10-13-7-9-8(14-10)3-2-6-12-9/h8-11H,1-7H2/t8-,9+,10+/m0/s1. The Morgan fingerprint density at radius 3 is 3.00 bits per heavy atom. The zero-order valence-corrected chi connectivity index (χ0v) is 8.35. The molecular weight excluding hydrogens is 184 g/mol. The minimum Gasteiger partial charge on any atom is -0.396 e. The van der Waals surface area contributed by atoms with Crippen molar-refractivity contribution in [3.05, 3.63) is 0 Å². The fourth-order valence-corrected chi connectivity index (χ4v) is 1.97. The molecule has 14 heavy (non-hydrogen) atoms. The smallest absolute Gasteiger partial charge is 0.158 e. The van der Waals surface area contributed by atoms with Gasteiger partial charge in [0.15, 0.2) is 6.29 Å². The van der Waals surface area contributed by atoms with Gasteiger partial charge in [-0.05, 0) is 19.3 Å². The molecule has 0 amide bonds. The molecule has 2 fully saturated rings. The summed E-state index contributed by atoms with van der Waals surface area (Å²) in [4.78, 5) is 0. The highest BCUT2D eigenvalue weighted by molar-refractivity contribution is 4.78. The van der Waals surface area contributed by atoms with Gasteiger partial charge in [-0.3, -0.25) is 0 Å². The number of rotatable bonds is 3. The summed E-state index contributed by atoms with van der Waals surface area (Å²) in [7, 11) is 0. The van der Waals surface area contributed by atoms with Crippen LogP contribution in [0.3, 0.4) is 0 Å². The third-order valence-corrected chi connectivity index (χ3v) is 2.75. The van der Waals surface area contributed by atoms with Gasteiger partial charge in [0.1, 0.15) is 6.10 Å².